The van der Waals surface area contributed by atoms with Crippen molar-refractivity contribution in [3.63, 3.8) is 0 Å². The van der Waals surface area contributed by atoms with Crippen molar-refractivity contribution >= 4 is 10.0 Å². The second-order valence-electron chi connectivity index (χ2n) is 5.19. The largest absolute Gasteiger partial charge is 0.348 e. The third-order valence-electron chi connectivity index (χ3n) is 3.83. The Labute approximate surface area is 118 Å². The van der Waals surface area contributed by atoms with E-state index >= 15 is 0 Å². The lowest BCUT2D eigenvalue weighted by Crippen LogP contribution is -2.43. The summed E-state index contributed by atoms with van der Waals surface area (Å²) in [6.07, 6.45) is 5.81. The second-order valence-corrected chi connectivity index (χ2v) is 6.91. The van der Waals surface area contributed by atoms with Crippen LogP contribution in [0.25, 0.3) is 0 Å². The molecule has 110 valence electrons. The Balaban J connectivity index is 1.62. The molecule has 0 bridgehead atoms. The Hall–Kier alpha value is -1.02. The molecule has 0 aromatic carbocycles. The smallest absolute Gasteiger partial charge is 0.242 e. The maximum Gasteiger partial charge on any atom is 0.242 e. The summed E-state index contributed by atoms with van der Waals surface area (Å²) >= 11 is 0. The van der Waals surface area contributed by atoms with Crippen molar-refractivity contribution < 1.29 is 17.9 Å². The SMILES string of the molecule is O=S(=O)(NC1CCC2(CC1)OCCO2)c1cccnc1. The van der Waals surface area contributed by atoms with Gasteiger partial charge in [0.25, 0.3) is 0 Å². The van der Waals surface area contributed by atoms with Crippen LogP contribution in [-0.2, 0) is 19.5 Å². The third-order valence-corrected chi connectivity index (χ3v) is 5.33. The number of nitrogens with one attached hydrogen (secondary N) is 1. The van der Waals surface area contributed by atoms with Gasteiger partial charge in [-0.25, -0.2) is 13.1 Å². The molecule has 1 aromatic heterocycles. The number of nitrogens with zero attached hydrogens (tertiary/aromatic N) is 1. The Morgan fingerprint density at radius 3 is 2.55 bits per heavy atom. The Morgan fingerprint density at radius 1 is 1.25 bits per heavy atom. The number of pyridine rings is 1. The van der Waals surface area contributed by atoms with Gasteiger partial charge in [0.05, 0.1) is 13.2 Å². The predicted octanol–water partition coefficient (Wildman–Crippen LogP) is 1.05. The maximum absolute atomic E-state index is 12.2. The number of aromatic nitrogens is 1. The van der Waals surface area contributed by atoms with E-state index in [2.05, 4.69) is 9.71 Å². The van der Waals surface area contributed by atoms with Crippen molar-refractivity contribution in [1.29, 1.82) is 0 Å². The van der Waals surface area contributed by atoms with Gasteiger partial charge in [-0.1, -0.05) is 0 Å². The highest BCUT2D eigenvalue weighted by molar-refractivity contribution is 7.89. The number of ether oxygens (including phenoxy) is 2. The molecule has 0 amide bonds. The standard InChI is InChI=1S/C13H18N2O4S/c16-20(17,12-2-1-7-14-10-12)15-11-3-5-13(6-4-11)18-8-9-19-13/h1-2,7,10-11,15H,3-6,8-9H2. The zero-order valence-electron chi connectivity index (χ0n) is 11.1. The van der Waals surface area contributed by atoms with Gasteiger partial charge in [0.15, 0.2) is 5.79 Å². The summed E-state index contributed by atoms with van der Waals surface area (Å²) in [5.41, 5.74) is 0. The monoisotopic (exact) mass is 298 g/mol. The van der Waals surface area contributed by atoms with Crippen LogP contribution in [0.3, 0.4) is 0 Å². The van der Waals surface area contributed by atoms with Crippen LogP contribution in [0.4, 0.5) is 0 Å². The van der Waals surface area contributed by atoms with E-state index in [1.807, 2.05) is 0 Å². The highest BCUT2D eigenvalue weighted by atomic mass is 32.2. The van der Waals surface area contributed by atoms with Gasteiger partial charge >= 0.3 is 0 Å². The third kappa shape index (κ3) is 2.85. The summed E-state index contributed by atoms with van der Waals surface area (Å²) in [6.45, 7) is 1.26. The molecule has 0 atom stereocenters. The van der Waals surface area contributed by atoms with E-state index in [1.165, 1.54) is 6.20 Å². The van der Waals surface area contributed by atoms with E-state index in [1.54, 1.807) is 18.3 Å². The van der Waals surface area contributed by atoms with Crippen molar-refractivity contribution in [2.75, 3.05) is 13.2 Å². The molecule has 1 aromatic rings. The van der Waals surface area contributed by atoms with Crippen molar-refractivity contribution in [3.05, 3.63) is 24.5 Å². The summed E-state index contributed by atoms with van der Waals surface area (Å²) in [5.74, 6) is -0.462. The molecule has 20 heavy (non-hydrogen) atoms. The van der Waals surface area contributed by atoms with Gasteiger partial charge in [0.1, 0.15) is 4.90 Å². The lowest BCUT2D eigenvalue weighted by Gasteiger charge is -2.35. The van der Waals surface area contributed by atoms with Crippen molar-refractivity contribution in [2.45, 2.75) is 42.4 Å². The molecule has 0 unspecified atom stereocenters. The van der Waals surface area contributed by atoms with E-state index in [-0.39, 0.29) is 10.9 Å². The molecule has 2 aliphatic rings. The summed E-state index contributed by atoms with van der Waals surface area (Å²) in [5, 5.41) is 0. The molecule has 1 saturated heterocycles. The molecule has 3 rings (SSSR count). The highest BCUT2D eigenvalue weighted by Crippen LogP contribution is 2.36. The van der Waals surface area contributed by atoms with Crippen LogP contribution in [0, 0.1) is 0 Å². The van der Waals surface area contributed by atoms with Crippen LogP contribution in [0.2, 0.25) is 0 Å². The molecule has 1 spiro atoms. The second kappa shape index (κ2) is 5.40. The zero-order chi connectivity index (χ0) is 14.1. The molecule has 1 aliphatic heterocycles. The van der Waals surface area contributed by atoms with Crippen LogP contribution in [0.5, 0.6) is 0 Å². The fraction of sp³-hybridized carbons (Fsp3) is 0.615. The van der Waals surface area contributed by atoms with Gasteiger partial charge in [-0.15, -0.1) is 0 Å². The van der Waals surface area contributed by atoms with Crippen LogP contribution in [0.1, 0.15) is 25.7 Å². The molecule has 1 aliphatic carbocycles. The first-order valence-corrected chi connectivity index (χ1v) is 8.28. The molecule has 1 N–H and O–H groups in total. The van der Waals surface area contributed by atoms with Gasteiger partial charge in [-0.2, -0.15) is 0 Å². The molecular weight excluding hydrogens is 280 g/mol. The van der Waals surface area contributed by atoms with E-state index in [0.717, 1.165) is 25.7 Å². The first-order valence-electron chi connectivity index (χ1n) is 6.80. The number of hydrogen-bond acceptors (Lipinski definition) is 5. The summed E-state index contributed by atoms with van der Waals surface area (Å²) in [4.78, 5) is 4.05. The van der Waals surface area contributed by atoms with E-state index < -0.39 is 15.8 Å². The minimum Gasteiger partial charge on any atom is -0.348 e. The first-order chi connectivity index (χ1) is 9.60. The Kier molecular flexibility index (Phi) is 3.76. The van der Waals surface area contributed by atoms with Gasteiger partial charge in [-0.3, -0.25) is 4.98 Å². The van der Waals surface area contributed by atoms with Crippen LogP contribution in [-0.4, -0.2) is 38.4 Å². The maximum atomic E-state index is 12.2. The molecule has 2 fully saturated rings. The van der Waals surface area contributed by atoms with Crippen molar-refractivity contribution in [3.8, 4) is 0 Å². The average molecular weight is 298 g/mol. The predicted molar refractivity (Wildman–Crippen MR) is 71.4 cm³/mol. The zero-order valence-corrected chi connectivity index (χ0v) is 11.9. The quantitative estimate of drug-likeness (QED) is 0.902. The van der Waals surface area contributed by atoms with Gasteiger partial charge in [-0.05, 0) is 25.0 Å². The minimum atomic E-state index is -3.49. The molecular formula is C13H18N2O4S. The topological polar surface area (TPSA) is 77.5 Å². The van der Waals surface area contributed by atoms with Crippen LogP contribution < -0.4 is 4.72 Å². The van der Waals surface area contributed by atoms with Crippen molar-refractivity contribution in [2.24, 2.45) is 0 Å². The normalized spacial score (nSPS) is 23.2. The molecule has 2 heterocycles. The average Bonchev–Trinajstić information content (AvgIpc) is 2.91. The summed E-state index contributed by atoms with van der Waals surface area (Å²) < 4.78 is 38.4. The molecule has 7 heteroatoms. The number of rotatable bonds is 3. The Bertz CT molecular complexity index is 545. The highest BCUT2D eigenvalue weighted by Gasteiger charge is 2.41. The van der Waals surface area contributed by atoms with E-state index in [9.17, 15) is 8.42 Å². The fourth-order valence-electron chi connectivity index (χ4n) is 2.75. The molecule has 0 radical (unpaired) electrons. The summed E-state index contributed by atoms with van der Waals surface area (Å²) in [7, 11) is -3.49. The van der Waals surface area contributed by atoms with Crippen molar-refractivity contribution in [1.82, 2.24) is 9.71 Å². The fourth-order valence-corrected chi connectivity index (χ4v) is 4.02. The van der Waals surface area contributed by atoms with E-state index in [4.69, 9.17) is 9.47 Å². The minimum absolute atomic E-state index is 0.0707. The van der Waals surface area contributed by atoms with Gasteiger partial charge in [0, 0.05) is 31.3 Å². The number of hydrogen-bond donors (Lipinski definition) is 1. The molecule has 1 saturated carbocycles. The lowest BCUT2D eigenvalue weighted by atomic mass is 9.91. The molecule has 6 nitrogen and oxygen atoms in total. The van der Waals surface area contributed by atoms with Gasteiger partial charge < -0.3 is 9.47 Å². The Morgan fingerprint density at radius 2 is 1.95 bits per heavy atom. The van der Waals surface area contributed by atoms with Gasteiger partial charge in [0.2, 0.25) is 10.0 Å². The first kappa shape index (κ1) is 13.9. The van der Waals surface area contributed by atoms with E-state index in [0.29, 0.717) is 13.2 Å². The number of sulfonamides is 1. The van der Waals surface area contributed by atoms with Crippen LogP contribution >= 0.6 is 0 Å². The lowest BCUT2D eigenvalue weighted by molar-refractivity contribution is -0.178. The van der Waals surface area contributed by atoms with Crippen LogP contribution in [0.15, 0.2) is 29.4 Å². The summed E-state index contributed by atoms with van der Waals surface area (Å²) in [6, 6.07) is 3.09.